The Labute approximate surface area is 234 Å². The van der Waals surface area contributed by atoms with Gasteiger partial charge in [0.25, 0.3) is 0 Å². The maximum atomic E-state index is 13.1. The number of carboxylic acid groups (broad SMARTS) is 1. The maximum absolute atomic E-state index is 13.1. The van der Waals surface area contributed by atoms with Gasteiger partial charge >= 0.3 is 24.3 Å². The topological polar surface area (TPSA) is 89.4 Å². The van der Waals surface area contributed by atoms with Gasteiger partial charge in [-0.2, -0.15) is 26.3 Å². The third kappa shape index (κ3) is 6.83. The second-order valence-corrected chi connectivity index (χ2v) is 11.6. The van der Waals surface area contributed by atoms with Crippen LogP contribution < -0.4 is 0 Å². The Balaban J connectivity index is 0.000000226. The summed E-state index contributed by atoms with van der Waals surface area (Å²) in [6.45, 7) is 4.46. The van der Waals surface area contributed by atoms with Crippen LogP contribution in [-0.4, -0.2) is 46.5 Å². The Morgan fingerprint density at radius 3 is 1.51 bits per heavy atom. The van der Waals surface area contributed by atoms with Crippen LogP contribution in [0.4, 0.5) is 26.3 Å². The zero-order chi connectivity index (χ0) is 31.0. The molecule has 0 spiro atoms. The van der Waals surface area contributed by atoms with E-state index in [2.05, 4.69) is 9.97 Å². The lowest BCUT2D eigenvalue weighted by Crippen LogP contribution is -2.37. The van der Waals surface area contributed by atoms with Gasteiger partial charge < -0.3 is 9.84 Å². The summed E-state index contributed by atoms with van der Waals surface area (Å²) >= 11 is 0. The Morgan fingerprint density at radius 2 is 1.15 bits per heavy atom. The Morgan fingerprint density at radius 1 is 0.756 bits per heavy atom. The predicted molar refractivity (Wildman–Crippen MR) is 137 cm³/mol. The van der Waals surface area contributed by atoms with Gasteiger partial charge in [-0.1, -0.05) is 12.1 Å². The van der Waals surface area contributed by atoms with Gasteiger partial charge in [0.1, 0.15) is 10.8 Å². The molecule has 4 rings (SSSR count). The van der Waals surface area contributed by atoms with Crippen molar-refractivity contribution in [2.24, 2.45) is 11.8 Å². The molecule has 0 aliphatic heterocycles. The third-order valence-corrected chi connectivity index (χ3v) is 8.11. The summed E-state index contributed by atoms with van der Waals surface area (Å²) in [6, 6.07) is 6.00. The highest BCUT2D eigenvalue weighted by molar-refractivity contribution is 5.73. The number of hydrogen-bond acceptors (Lipinski definition) is 5. The molecule has 6 nitrogen and oxygen atoms in total. The van der Waals surface area contributed by atoms with Crippen LogP contribution in [0.2, 0.25) is 0 Å². The number of aryl methyl sites for hydroxylation is 2. The van der Waals surface area contributed by atoms with Crippen molar-refractivity contribution in [3.05, 3.63) is 58.2 Å². The Bertz CT molecular complexity index is 1290. The van der Waals surface area contributed by atoms with E-state index < -0.39 is 35.1 Å². The first-order valence-electron chi connectivity index (χ1n) is 13.2. The largest absolute Gasteiger partial charge is 0.481 e. The molecule has 2 heterocycles. The van der Waals surface area contributed by atoms with E-state index in [1.54, 1.807) is 12.1 Å². The summed E-state index contributed by atoms with van der Waals surface area (Å²) in [4.78, 5) is 30.8. The van der Waals surface area contributed by atoms with Crippen molar-refractivity contribution in [2.75, 3.05) is 7.11 Å². The van der Waals surface area contributed by atoms with Gasteiger partial charge in [-0.05, 0) is 89.5 Å². The average molecular weight is 589 g/mol. The van der Waals surface area contributed by atoms with E-state index in [1.807, 2.05) is 0 Å². The number of alkyl halides is 6. The van der Waals surface area contributed by atoms with Crippen LogP contribution in [0.3, 0.4) is 0 Å². The molecule has 2 aliphatic rings. The first-order chi connectivity index (χ1) is 18.8. The van der Waals surface area contributed by atoms with Crippen molar-refractivity contribution in [3.8, 4) is 0 Å². The summed E-state index contributed by atoms with van der Waals surface area (Å²) in [6.07, 6.45) is -6.02. The summed E-state index contributed by atoms with van der Waals surface area (Å²) in [7, 11) is 1.34. The van der Waals surface area contributed by atoms with Gasteiger partial charge in [0, 0.05) is 11.4 Å². The van der Waals surface area contributed by atoms with Crippen molar-refractivity contribution in [1.82, 2.24) is 9.97 Å². The van der Waals surface area contributed by atoms with Crippen LogP contribution in [0.15, 0.2) is 24.3 Å². The van der Waals surface area contributed by atoms with E-state index in [-0.39, 0.29) is 23.3 Å². The van der Waals surface area contributed by atoms with Gasteiger partial charge in [-0.15, -0.1) is 0 Å². The minimum absolute atomic E-state index is 0.0162. The number of carbonyl (C=O) groups excluding carboxylic acids is 1. The van der Waals surface area contributed by atoms with Crippen molar-refractivity contribution in [2.45, 2.75) is 89.4 Å². The number of nitrogens with zero attached hydrogens (tertiary/aromatic N) is 2. The fraction of sp³-hybridized carbons (Fsp3) is 0.586. The summed E-state index contributed by atoms with van der Waals surface area (Å²) in [5, 5.41) is 8.99. The number of carboxylic acids is 1. The molecule has 0 aromatic carbocycles. The third-order valence-electron chi connectivity index (χ3n) is 8.11. The number of halogens is 6. The number of aromatic nitrogens is 2. The quantitative estimate of drug-likeness (QED) is 0.333. The number of carbonyl (C=O) groups is 2. The highest BCUT2D eigenvalue weighted by Gasteiger charge is 2.50. The predicted octanol–water partition coefficient (Wildman–Crippen LogP) is 6.31. The van der Waals surface area contributed by atoms with Crippen LogP contribution in [0, 0.1) is 11.8 Å². The summed E-state index contributed by atoms with van der Waals surface area (Å²) in [5.74, 6) is -1.84. The number of hydrogen-bond donors (Lipinski definition) is 1. The molecule has 0 bridgehead atoms. The molecule has 0 saturated carbocycles. The normalized spacial score (nSPS) is 19.3. The molecule has 2 aromatic heterocycles. The number of methoxy groups -OCH3 is 1. The van der Waals surface area contributed by atoms with Crippen molar-refractivity contribution < 1.29 is 45.8 Å². The van der Waals surface area contributed by atoms with Crippen molar-refractivity contribution >= 4 is 11.9 Å². The molecule has 0 fully saturated rings. The minimum Gasteiger partial charge on any atom is -0.481 e. The zero-order valence-electron chi connectivity index (χ0n) is 23.5. The molecule has 0 amide bonds. The summed E-state index contributed by atoms with van der Waals surface area (Å²) in [5.41, 5.74) is -1.17. The van der Waals surface area contributed by atoms with E-state index in [0.717, 1.165) is 38.8 Å². The smallest absolute Gasteiger partial charge is 0.399 e. The average Bonchev–Trinajstić information content (AvgIpc) is 2.90. The van der Waals surface area contributed by atoms with Crippen LogP contribution in [0.5, 0.6) is 0 Å². The second-order valence-electron chi connectivity index (χ2n) is 11.6. The Hall–Kier alpha value is -3.18. The number of esters is 1. The second kappa shape index (κ2) is 11.6. The number of ether oxygens (including phenoxy) is 1. The van der Waals surface area contributed by atoms with Gasteiger partial charge in [-0.25, -0.2) is 0 Å². The first-order valence-corrected chi connectivity index (χ1v) is 13.2. The molecular weight excluding hydrogens is 554 g/mol. The molecule has 2 unspecified atom stereocenters. The maximum Gasteiger partial charge on any atom is 0.399 e. The van der Waals surface area contributed by atoms with E-state index >= 15 is 0 Å². The van der Waals surface area contributed by atoms with Gasteiger partial charge in [0.2, 0.25) is 0 Å². The lowest BCUT2D eigenvalue weighted by atomic mass is 9.83. The van der Waals surface area contributed by atoms with E-state index in [1.165, 1.54) is 19.2 Å². The van der Waals surface area contributed by atoms with Crippen LogP contribution >= 0.6 is 0 Å². The number of pyridine rings is 2. The van der Waals surface area contributed by atoms with Crippen LogP contribution in [0.25, 0.3) is 0 Å². The number of aliphatic carboxylic acids is 1. The van der Waals surface area contributed by atoms with Crippen LogP contribution in [-0.2, 0) is 50.8 Å². The van der Waals surface area contributed by atoms with Gasteiger partial charge in [-0.3, -0.25) is 19.6 Å². The molecule has 41 heavy (non-hydrogen) atoms. The number of fused-ring (bicyclic) bond motifs is 2. The standard InChI is InChI=1S/C15H18F3NO2.C14H16F3NO2/c1-14(2,15(16,17)18)12-7-5-9-8-10(13(20)21-3)4-6-11(9)19-12;1-13(2,14(15,16)17)11-6-4-8-7-9(12(19)20)3-5-10(8)18-11/h5,7,10H,4,6,8H2,1-3H3;4,6,9H,3,5,7H2,1-2H3,(H,19,20). The van der Waals surface area contributed by atoms with E-state index in [0.29, 0.717) is 49.9 Å². The lowest BCUT2D eigenvalue weighted by Gasteiger charge is -2.29. The molecule has 226 valence electrons. The molecule has 2 aliphatic carbocycles. The fourth-order valence-electron chi connectivity index (χ4n) is 4.79. The molecular formula is C29H34F6N2O4. The first kappa shape index (κ1) is 32.3. The fourth-order valence-corrected chi connectivity index (χ4v) is 4.79. The van der Waals surface area contributed by atoms with E-state index in [9.17, 15) is 35.9 Å². The highest BCUT2D eigenvalue weighted by atomic mass is 19.4. The molecule has 1 N–H and O–H groups in total. The minimum atomic E-state index is -4.37. The number of rotatable bonds is 4. The lowest BCUT2D eigenvalue weighted by molar-refractivity contribution is -0.181. The van der Waals surface area contributed by atoms with Crippen molar-refractivity contribution in [1.29, 1.82) is 0 Å². The molecule has 0 saturated heterocycles. The van der Waals surface area contributed by atoms with Crippen LogP contribution in [0.1, 0.15) is 74.4 Å². The van der Waals surface area contributed by atoms with Gasteiger partial charge in [0.05, 0.1) is 30.3 Å². The molecule has 2 aromatic rings. The summed E-state index contributed by atoms with van der Waals surface area (Å²) < 4.78 is 82.9. The monoisotopic (exact) mass is 588 g/mol. The highest BCUT2D eigenvalue weighted by Crippen LogP contribution is 2.41. The zero-order valence-corrected chi connectivity index (χ0v) is 23.5. The Kier molecular flexibility index (Phi) is 9.15. The molecule has 0 radical (unpaired) electrons. The molecule has 12 heteroatoms. The van der Waals surface area contributed by atoms with E-state index in [4.69, 9.17) is 9.84 Å². The SMILES string of the molecule is CC(C)(c1ccc2c(n1)CCC(C(=O)O)C2)C(F)(F)F.COC(=O)C1CCc2nc(C(C)(C)C(F)(F)F)ccc2C1. The van der Waals surface area contributed by atoms with Crippen molar-refractivity contribution in [3.63, 3.8) is 0 Å². The van der Waals surface area contributed by atoms with Gasteiger partial charge in [0.15, 0.2) is 0 Å². The molecule has 2 atom stereocenters.